The minimum atomic E-state index is -3.58. The lowest BCUT2D eigenvalue weighted by Crippen LogP contribution is -2.29. The third kappa shape index (κ3) is 3.80. The number of rotatable bonds is 6. The molecule has 5 nitrogen and oxygen atoms in total. The number of pyridine rings is 1. The molecule has 0 saturated heterocycles. The molecule has 0 spiro atoms. The van der Waals surface area contributed by atoms with Gasteiger partial charge in [0.25, 0.3) is 0 Å². The molecule has 0 aliphatic carbocycles. The van der Waals surface area contributed by atoms with Crippen LogP contribution < -0.4 is 5.73 Å². The molecule has 0 aliphatic heterocycles. The Morgan fingerprint density at radius 3 is 2.52 bits per heavy atom. The van der Waals surface area contributed by atoms with Gasteiger partial charge in [-0.3, -0.25) is 0 Å². The zero-order valence-electron chi connectivity index (χ0n) is 11.9. The van der Waals surface area contributed by atoms with E-state index in [1.54, 1.807) is 13.1 Å². The number of aromatic nitrogens is 1. The van der Waals surface area contributed by atoms with E-state index < -0.39 is 10.0 Å². The molecule has 0 atom stereocenters. The van der Waals surface area contributed by atoms with Crippen molar-refractivity contribution in [1.29, 1.82) is 0 Å². The Hall–Kier alpha value is -1.92. The summed E-state index contributed by atoms with van der Waals surface area (Å²) in [6, 6.07) is 13.0. The first-order chi connectivity index (χ1) is 10.0. The second-order valence-corrected chi connectivity index (χ2v) is 6.82. The lowest BCUT2D eigenvalue weighted by atomic mass is 10.1. The van der Waals surface area contributed by atoms with Gasteiger partial charge in [0.1, 0.15) is 10.7 Å². The Kier molecular flexibility index (Phi) is 4.93. The third-order valence-electron chi connectivity index (χ3n) is 3.27. The fourth-order valence-corrected chi connectivity index (χ4v) is 3.33. The fraction of sp³-hybridized carbons (Fsp3) is 0.267. The van der Waals surface area contributed by atoms with Gasteiger partial charge < -0.3 is 5.73 Å². The highest BCUT2D eigenvalue weighted by molar-refractivity contribution is 7.89. The number of hydrogen-bond acceptors (Lipinski definition) is 4. The van der Waals surface area contributed by atoms with Crippen molar-refractivity contribution < 1.29 is 8.42 Å². The molecule has 0 saturated carbocycles. The maximum absolute atomic E-state index is 12.4. The summed E-state index contributed by atoms with van der Waals surface area (Å²) in [5.74, 6) is 0.0346. The van der Waals surface area contributed by atoms with Crippen molar-refractivity contribution >= 4 is 15.8 Å². The molecule has 0 bridgehead atoms. The molecular formula is C15H19N3O2S. The standard InChI is InChI=1S/C15H19N3O2S/c1-18(12-6-9-13-7-3-2-4-8-13)21(19,20)14-10-5-11-17-15(14)16/h2-5,7-8,10-11H,6,9,12H2,1H3,(H2,16,17). The summed E-state index contributed by atoms with van der Waals surface area (Å²) in [5.41, 5.74) is 6.85. The monoisotopic (exact) mass is 305 g/mol. The van der Waals surface area contributed by atoms with E-state index in [4.69, 9.17) is 5.73 Å². The molecule has 1 aromatic heterocycles. The largest absolute Gasteiger partial charge is 0.383 e. The molecule has 0 fully saturated rings. The first-order valence-corrected chi connectivity index (χ1v) is 8.16. The zero-order chi connectivity index (χ0) is 15.3. The van der Waals surface area contributed by atoms with E-state index in [1.807, 2.05) is 30.3 Å². The molecule has 1 heterocycles. The summed E-state index contributed by atoms with van der Waals surface area (Å²) < 4.78 is 26.1. The second-order valence-electron chi connectivity index (χ2n) is 4.80. The smallest absolute Gasteiger partial charge is 0.246 e. The van der Waals surface area contributed by atoms with Gasteiger partial charge in [0, 0.05) is 19.8 Å². The summed E-state index contributed by atoms with van der Waals surface area (Å²) in [5, 5.41) is 0. The molecule has 2 rings (SSSR count). The van der Waals surface area contributed by atoms with Crippen LogP contribution in [0.25, 0.3) is 0 Å². The van der Waals surface area contributed by atoms with E-state index in [9.17, 15) is 8.42 Å². The number of nitrogen functional groups attached to an aromatic ring is 1. The van der Waals surface area contributed by atoms with Crippen LogP contribution in [-0.2, 0) is 16.4 Å². The van der Waals surface area contributed by atoms with Crippen LogP contribution >= 0.6 is 0 Å². The molecule has 112 valence electrons. The van der Waals surface area contributed by atoms with Crippen molar-refractivity contribution in [1.82, 2.24) is 9.29 Å². The van der Waals surface area contributed by atoms with Crippen LogP contribution in [-0.4, -0.2) is 31.3 Å². The van der Waals surface area contributed by atoms with Crippen LogP contribution in [0.3, 0.4) is 0 Å². The van der Waals surface area contributed by atoms with Gasteiger partial charge in [0.15, 0.2) is 0 Å². The number of hydrogen-bond donors (Lipinski definition) is 1. The summed E-state index contributed by atoms with van der Waals surface area (Å²) in [6.07, 6.45) is 3.06. The molecule has 1 aromatic carbocycles. The summed E-state index contributed by atoms with van der Waals surface area (Å²) in [4.78, 5) is 3.89. The number of nitrogens with zero attached hydrogens (tertiary/aromatic N) is 2. The van der Waals surface area contributed by atoms with Crippen LogP contribution in [0.1, 0.15) is 12.0 Å². The van der Waals surface area contributed by atoms with Crippen LogP contribution in [0.5, 0.6) is 0 Å². The molecule has 0 unspecified atom stereocenters. The maximum atomic E-state index is 12.4. The van der Waals surface area contributed by atoms with Crippen molar-refractivity contribution in [3.63, 3.8) is 0 Å². The van der Waals surface area contributed by atoms with Crippen molar-refractivity contribution in [3.8, 4) is 0 Å². The van der Waals surface area contributed by atoms with E-state index >= 15 is 0 Å². The van der Waals surface area contributed by atoms with Gasteiger partial charge in [-0.15, -0.1) is 0 Å². The SMILES string of the molecule is CN(CCCc1ccccc1)S(=O)(=O)c1cccnc1N. The first-order valence-electron chi connectivity index (χ1n) is 6.72. The van der Waals surface area contributed by atoms with E-state index in [0.29, 0.717) is 6.54 Å². The third-order valence-corrected chi connectivity index (χ3v) is 5.17. The lowest BCUT2D eigenvalue weighted by molar-refractivity contribution is 0.461. The number of anilines is 1. The Balaban J connectivity index is 2.00. The quantitative estimate of drug-likeness (QED) is 0.884. The number of aryl methyl sites for hydroxylation is 1. The number of nitrogens with two attached hydrogens (primary N) is 1. The van der Waals surface area contributed by atoms with Gasteiger partial charge in [0.2, 0.25) is 10.0 Å². The van der Waals surface area contributed by atoms with Gasteiger partial charge in [0.05, 0.1) is 0 Å². The highest BCUT2D eigenvalue weighted by atomic mass is 32.2. The van der Waals surface area contributed by atoms with Gasteiger partial charge >= 0.3 is 0 Å². The van der Waals surface area contributed by atoms with Gasteiger partial charge in [-0.25, -0.2) is 17.7 Å². The van der Waals surface area contributed by atoms with Crippen LogP contribution in [0.4, 0.5) is 5.82 Å². The van der Waals surface area contributed by atoms with Crippen LogP contribution in [0, 0.1) is 0 Å². The molecule has 6 heteroatoms. The second kappa shape index (κ2) is 6.69. The minimum absolute atomic E-state index is 0.0346. The minimum Gasteiger partial charge on any atom is -0.383 e. The van der Waals surface area contributed by atoms with Crippen LogP contribution in [0.15, 0.2) is 53.6 Å². The Morgan fingerprint density at radius 1 is 1.14 bits per heavy atom. The summed E-state index contributed by atoms with van der Waals surface area (Å²) in [6.45, 7) is 0.436. The van der Waals surface area contributed by atoms with Gasteiger partial charge in [-0.2, -0.15) is 0 Å². The lowest BCUT2D eigenvalue weighted by Gasteiger charge is -2.17. The predicted octanol–water partition coefficient (Wildman–Crippen LogP) is 1.92. The average Bonchev–Trinajstić information content (AvgIpc) is 2.48. The van der Waals surface area contributed by atoms with E-state index in [-0.39, 0.29) is 10.7 Å². The maximum Gasteiger partial charge on any atom is 0.246 e. The number of benzene rings is 1. The first kappa shape index (κ1) is 15.5. The van der Waals surface area contributed by atoms with Crippen molar-refractivity contribution in [3.05, 3.63) is 54.2 Å². The number of sulfonamides is 1. The summed E-state index contributed by atoms with van der Waals surface area (Å²) >= 11 is 0. The van der Waals surface area contributed by atoms with Gasteiger partial charge in [-0.1, -0.05) is 30.3 Å². The Bertz CT molecular complexity index is 687. The molecular weight excluding hydrogens is 286 g/mol. The van der Waals surface area contributed by atoms with Crippen molar-refractivity contribution in [2.45, 2.75) is 17.7 Å². The summed E-state index contributed by atoms with van der Waals surface area (Å²) in [7, 11) is -2.02. The Morgan fingerprint density at radius 2 is 1.86 bits per heavy atom. The predicted molar refractivity (Wildman–Crippen MR) is 83.2 cm³/mol. The molecule has 2 N–H and O–H groups in total. The molecule has 0 aliphatic rings. The normalized spacial score (nSPS) is 11.7. The van der Waals surface area contributed by atoms with Crippen LogP contribution in [0.2, 0.25) is 0 Å². The molecule has 2 aromatic rings. The highest BCUT2D eigenvalue weighted by Crippen LogP contribution is 2.19. The van der Waals surface area contributed by atoms with Crippen molar-refractivity contribution in [2.24, 2.45) is 0 Å². The van der Waals surface area contributed by atoms with E-state index in [0.717, 1.165) is 12.8 Å². The molecule has 0 radical (unpaired) electrons. The van der Waals surface area contributed by atoms with Gasteiger partial charge in [-0.05, 0) is 30.5 Å². The zero-order valence-corrected chi connectivity index (χ0v) is 12.8. The van der Waals surface area contributed by atoms with Crippen molar-refractivity contribution in [2.75, 3.05) is 19.3 Å². The Labute approximate surface area is 125 Å². The highest BCUT2D eigenvalue weighted by Gasteiger charge is 2.23. The van der Waals surface area contributed by atoms with E-state index in [2.05, 4.69) is 4.98 Å². The fourth-order valence-electron chi connectivity index (χ4n) is 2.06. The molecule has 0 amide bonds. The topological polar surface area (TPSA) is 76.3 Å². The van der Waals surface area contributed by atoms with E-state index in [1.165, 1.54) is 22.1 Å². The average molecular weight is 305 g/mol. The molecule has 21 heavy (non-hydrogen) atoms.